The van der Waals surface area contributed by atoms with Crippen LogP contribution in [-0.2, 0) is 17.9 Å². The molecule has 31 heavy (non-hydrogen) atoms. The van der Waals surface area contributed by atoms with E-state index in [9.17, 15) is 9.59 Å². The highest BCUT2D eigenvalue weighted by atomic mass is 16.5. The van der Waals surface area contributed by atoms with E-state index in [0.29, 0.717) is 30.2 Å². The lowest BCUT2D eigenvalue weighted by atomic mass is 10.1. The summed E-state index contributed by atoms with van der Waals surface area (Å²) >= 11 is 0. The van der Waals surface area contributed by atoms with Gasteiger partial charge in [-0.15, -0.1) is 6.58 Å². The molecule has 0 N–H and O–H groups in total. The van der Waals surface area contributed by atoms with E-state index in [1.54, 1.807) is 54.7 Å². The Morgan fingerprint density at radius 2 is 1.81 bits per heavy atom. The molecule has 0 radical (unpaired) electrons. The summed E-state index contributed by atoms with van der Waals surface area (Å²) < 4.78 is 10.7. The van der Waals surface area contributed by atoms with Crippen LogP contribution in [0.5, 0.6) is 5.75 Å². The highest BCUT2D eigenvalue weighted by Crippen LogP contribution is 2.16. The van der Waals surface area contributed by atoms with Crippen molar-refractivity contribution in [1.82, 2.24) is 9.80 Å². The van der Waals surface area contributed by atoms with Crippen molar-refractivity contribution in [2.75, 3.05) is 20.2 Å². The van der Waals surface area contributed by atoms with Gasteiger partial charge in [0, 0.05) is 18.7 Å². The maximum Gasteiger partial charge on any atom is 0.254 e. The van der Waals surface area contributed by atoms with Crippen molar-refractivity contribution in [2.45, 2.75) is 13.1 Å². The highest BCUT2D eigenvalue weighted by Gasteiger charge is 2.23. The summed E-state index contributed by atoms with van der Waals surface area (Å²) in [6.07, 6.45) is 3.19. The van der Waals surface area contributed by atoms with E-state index >= 15 is 0 Å². The maximum absolute atomic E-state index is 13.2. The molecule has 0 spiro atoms. The molecular formula is C25H26N2O4. The zero-order chi connectivity index (χ0) is 22.1. The van der Waals surface area contributed by atoms with E-state index < -0.39 is 0 Å². The average molecular weight is 418 g/mol. The maximum atomic E-state index is 13.2. The zero-order valence-electron chi connectivity index (χ0n) is 17.6. The molecule has 0 fully saturated rings. The second-order valence-corrected chi connectivity index (χ2v) is 7.02. The van der Waals surface area contributed by atoms with Gasteiger partial charge in [0.05, 0.1) is 19.9 Å². The Morgan fingerprint density at radius 3 is 2.48 bits per heavy atom. The third kappa shape index (κ3) is 6.09. The van der Waals surface area contributed by atoms with E-state index in [4.69, 9.17) is 9.15 Å². The van der Waals surface area contributed by atoms with Gasteiger partial charge in [0.15, 0.2) is 0 Å². The number of hydrogen-bond acceptors (Lipinski definition) is 4. The lowest BCUT2D eigenvalue weighted by Crippen LogP contribution is -2.42. The third-order valence-electron chi connectivity index (χ3n) is 4.78. The minimum absolute atomic E-state index is 0.0738. The largest absolute Gasteiger partial charge is 0.497 e. The normalized spacial score (nSPS) is 10.4. The number of rotatable bonds is 10. The van der Waals surface area contributed by atoms with Gasteiger partial charge in [0.25, 0.3) is 5.91 Å². The van der Waals surface area contributed by atoms with Gasteiger partial charge in [0.1, 0.15) is 18.1 Å². The molecule has 0 aliphatic heterocycles. The Kier molecular flexibility index (Phi) is 7.65. The first-order valence-electron chi connectivity index (χ1n) is 9.99. The Labute approximate surface area is 182 Å². The number of carbonyl (C=O) groups excluding carboxylic acids is 2. The van der Waals surface area contributed by atoms with Crippen LogP contribution in [0.3, 0.4) is 0 Å². The van der Waals surface area contributed by atoms with Crippen molar-refractivity contribution in [1.29, 1.82) is 0 Å². The quantitative estimate of drug-likeness (QED) is 0.464. The smallest absolute Gasteiger partial charge is 0.254 e. The summed E-state index contributed by atoms with van der Waals surface area (Å²) in [4.78, 5) is 29.5. The molecule has 2 amide bonds. The molecule has 160 valence electrons. The molecule has 6 heteroatoms. The van der Waals surface area contributed by atoms with Crippen LogP contribution in [-0.4, -0.2) is 41.8 Å². The summed E-state index contributed by atoms with van der Waals surface area (Å²) in [5, 5.41) is 0. The molecular weight excluding hydrogens is 392 g/mol. The van der Waals surface area contributed by atoms with E-state index in [2.05, 4.69) is 6.58 Å². The fourth-order valence-corrected chi connectivity index (χ4v) is 3.20. The van der Waals surface area contributed by atoms with Crippen LogP contribution < -0.4 is 4.74 Å². The Balaban J connectivity index is 1.78. The van der Waals surface area contributed by atoms with Crippen LogP contribution in [0.1, 0.15) is 21.7 Å². The lowest BCUT2D eigenvalue weighted by Gasteiger charge is -2.27. The molecule has 0 unspecified atom stereocenters. The molecule has 1 aromatic heterocycles. The molecule has 3 aromatic rings. The Bertz CT molecular complexity index is 999. The predicted octanol–water partition coefficient (Wildman–Crippen LogP) is 4.15. The number of amides is 2. The third-order valence-corrected chi connectivity index (χ3v) is 4.78. The van der Waals surface area contributed by atoms with Crippen molar-refractivity contribution < 1.29 is 18.7 Å². The Hall–Kier alpha value is -3.80. The minimum atomic E-state index is -0.259. The van der Waals surface area contributed by atoms with Crippen LogP contribution in [0.4, 0.5) is 0 Å². The number of hydrogen-bond donors (Lipinski definition) is 0. The predicted molar refractivity (Wildman–Crippen MR) is 118 cm³/mol. The first-order valence-corrected chi connectivity index (χ1v) is 9.99. The number of benzene rings is 2. The average Bonchev–Trinajstić information content (AvgIpc) is 3.31. The number of furan rings is 1. The first kappa shape index (κ1) is 21.9. The van der Waals surface area contributed by atoms with Crippen molar-refractivity contribution in [2.24, 2.45) is 0 Å². The van der Waals surface area contributed by atoms with Gasteiger partial charge in [-0.3, -0.25) is 9.59 Å². The molecule has 3 rings (SSSR count). The van der Waals surface area contributed by atoms with Crippen LogP contribution in [0.2, 0.25) is 0 Å². The first-order chi connectivity index (χ1) is 15.1. The summed E-state index contributed by atoms with van der Waals surface area (Å²) in [6, 6.07) is 20.2. The molecule has 0 aliphatic carbocycles. The van der Waals surface area contributed by atoms with E-state index in [-0.39, 0.29) is 24.9 Å². The van der Waals surface area contributed by atoms with Gasteiger partial charge < -0.3 is 19.0 Å². The number of methoxy groups -OCH3 is 1. The van der Waals surface area contributed by atoms with Crippen LogP contribution in [0.25, 0.3) is 0 Å². The van der Waals surface area contributed by atoms with Crippen LogP contribution in [0, 0.1) is 0 Å². The van der Waals surface area contributed by atoms with Gasteiger partial charge in [0.2, 0.25) is 5.91 Å². The lowest BCUT2D eigenvalue weighted by molar-refractivity contribution is -0.133. The monoisotopic (exact) mass is 418 g/mol. The van der Waals surface area contributed by atoms with Crippen LogP contribution in [0.15, 0.2) is 90.1 Å². The molecule has 1 heterocycles. The summed E-state index contributed by atoms with van der Waals surface area (Å²) in [7, 11) is 1.55. The zero-order valence-corrected chi connectivity index (χ0v) is 17.6. The fourth-order valence-electron chi connectivity index (χ4n) is 3.20. The van der Waals surface area contributed by atoms with Gasteiger partial charge >= 0.3 is 0 Å². The highest BCUT2D eigenvalue weighted by molar-refractivity contribution is 5.97. The van der Waals surface area contributed by atoms with Gasteiger partial charge in [-0.1, -0.05) is 42.5 Å². The van der Waals surface area contributed by atoms with Crippen molar-refractivity contribution in [3.05, 3.63) is 103 Å². The summed E-state index contributed by atoms with van der Waals surface area (Å²) in [6.45, 7) is 4.64. The SMILES string of the molecule is C=CCN(CC(=O)N(Cc1ccccc1)Cc1ccco1)C(=O)c1cccc(OC)c1. The molecule has 0 bridgehead atoms. The van der Waals surface area contributed by atoms with E-state index in [1.165, 1.54) is 4.90 Å². The molecule has 0 atom stereocenters. The van der Waals surface area contributed by atoms with Crippen molar-refractivity contribution in [3.8, 4) is 5.75 Å². The standard InChI is InChI=1S/C25H26N2O4/c1-3-14-26(25(29)21-11-7-12-22(16-21)30-2)19-24(28)27(18-23-13-8-15-31-23)17-20-9-5-4-6-10-20/h3-13,15-16H,1,14,17-19H2,2H3. The van der Waals surface area contributed by atoms with E-state index in [1.807, 2.05) is 36.4 Å². The molecule has 2 aromatic carbocycles. The van der Waals surface area contributed by atoms with Crippen LogP contribution >= 0.6 is 0 Å². The van der Waals surface area contributed by atoms with Crippen molar-refractivity contribution >= 4 is 11.8 Å². The van der Waals surface area contributed by atoms with Crippen molar-refractivity contribution in [3.63, 3.8) is 0 Å². The fraction of sp³-hybridized carbons (Fsp3) is 0.200. The molecule has 6 nitrogen and oxygen atoms in total. The molecule has 0 aliphatic rings. The molecule has 0 saturated carbocycles. The number of carbonyl (C=O) groups is 2. The van der Waals surface area contributed by atoms with E-state index in [0.717, 1.165) is 5.56 Å². The summed E-state index contributed by atoms with van der Waals surface area (Å²) in [5.41, 5.74) is 1.45. The molecule has 0 saturated heterocycles. The van der Waals surface area contributed by atoms with Gasteiger partial charge in [-0.05, 0) is 35.9 Å². The summed E-state index contributed by atoms with van der Waals surface area (Å²) in [5.74, 6) is 0.820. The number of ether oxygens (including phenoxy) is 1. The minimum Gasteiger partial charge on any atom is -0.497 e. The Morgan fingerprint density at radius 1 is 1.00 bits per heavy atom. The topological polar surface area (TPSA) is 63.0 Å². The van der Waals surface area contributed by atoms with Gasteiger partial charge in [-0.25, -0.2) is 0 Å². The number of nitrogens with zero attached hydrogens (tertiary/aromatic N) is 2. The second-order valence-electron chi connectivity index (χ2n) is 7.02. The second kappa shape index (κ2) is 10.8. The van der Waals surface area contributed by atoms with Gasteiger partial charge in [-0.2, -0.15) is 0 Å².